The summed E-state index contributed by atoms with van der Waals surface area (Å²) in [6.07, 6.45) is 3.76. The molecular formula is C42H70BN11O13. The van der Waals surface area contributed by atoms with Gasteiger partial charge in [-0.3, -0.25) is 53.1 Å². The maximum absolute atomic E-state index is 13.3. The number of carbonyl (C=O) groups excluding carboxylic acids is 5. The van der Waals surface area contributed by atoms with Crippen LogP contribution in [0.15, 0.2) is 29.3 Å². The molecule has 2 heterocycles. The number of nitrogens with two attached hydrogens (primary N) is 1. The number of aliphatic carboxylic acids is 2. The van der Waals surface area contributed by atoms with Gasteiger partial charge in [-0.2, -0.15) is 0 Å². The highest BCUT2D eigenvalue weighted by molar-refractivity contribution is 6.43. The second-order valence-corrected chi connectivity index (χ2v) is 16.4. The number of benzene rings is 1. The van der Waals surface area contributed by atoms with Crippen LogP contribution in [-0.4, -0.2) is 222 Å². The Kier molecular flexibility index (Phi) is 27.3. The Hall–Kier alpha value is -5.89. The van der Waals surface area contributed by atoms with Gasteiger partial charge in [-0.1, -0.05) is 12.1 Å². The molecule has 3 rings (SSSR count). The first kappa shape index (κ1) is 57.2. The number of guanidine groups is 1. The van der Waals surface area contributed by atoms with Gasteiger partial charge in [0.2, 0.25) is 23.6 Å². The lowest BCUT2D eigenvalue weighted by Gasteiger charge is -2.25. The van der Waals surface area contributed by atoms with Crippen molar-refractivity contribution in [2.24, 2.45) is 10.7 Å². The summed E-state index contributed by atoms with van der Waals surface area (Å²) in [5.74, 6) is -3.97. The summed E-state index contributed by atoms with van der Waals surface area (Å²) in [6.45, 7) is 3.91. The smallest absolute Gasteiger partial charge is 0.475 e. The van der Waals surface area contributed by atoms with E-state index in [0.717, 1.165) is 5.56 Å². The van der Waals surface area contributed by atoms with Crippen LogP contribution in [0.25, 0.3) is 0 Å². The quantitative estimate of drug-likeness (QED) is 0.0154. The zero-order valence-corrected chi connectivity index (χ0v) is 38.6. The lowest BCUT2D eigenvalue weighted by molar-refractivity contribution is -0.140. The number of amides is 5. The molecule has 0 radical (unpaired) electrons. The van der Waals surface area contributed by atoms with Crippen LogP contribution in [0.4, 0.5) is 0 Å². The largest absolute Gasteiger partial charge is 0.483 e. The van der Waals surface area contributed by atoms with E-state index >= 15 is 0 Å². The average Bonchev–Trinajstić information content (AvgIpc) is 3.81. The number of unbranched alkanes of at least 4 members (excludes halogenated alkanes) is 1. The predicted octanol–water partition coefficient (Wildman–Crippen LogP) is -2.97. The van der Waals surface area contributed by atoms with Gasteiger partial charge in [0.1, 0.15) is 6.04 Å². The molecule has 0 saturated carbocycles. The topological polar surface area (TPSA) is 340 Å². The van der Waals surface area contributed by atoms with Gasteiger partial charge in [-0.25, -0.2) is 0 Å². The third-order valence-corrected chi connectivity index (χ3v) is 11.0. The Labute approximate surface area is 391 Å². The highest BCUT2D eigenvalue weighted by Crippen LogP contribution is 2.18. The Morgan fingerprint density at radius 2 is 1.40 bits per heavy atom. The summed E-state index contributed by atoms with van der Waals surface area (Å²) in [4.78, 5) is 108. The van der Waals surface area contributed by atoms with Crippen LogP contribution in [0.1, 0.15) is 73.7 Å². The molecule has 2 fully saturated rings. The number of carbonyl (C=O) groups is 8. The summed E-state index contributed by atoms with van der Waals surface area (Å²) in [5.41, 5.74) is 6.98. The first-order valence-electron chi connectivity index (χ1n) is 22.5. The summed E-state index contributed by atoms with van der Waals surface area (Å²) in [7, 11) is 1.90. The van der Waals surface area contributed by atoms with E-state index in [1.165, 1.54) is 4.90 Å². The molecule has 0 aliphatic carbocycles. The van der Waals surface area contributed by atoms with Crippen LogP contribution >= 0.6 is 0 Å². The fourth-order valence-electron chi connectivity index (χ4n) is 7.32. The van der Waals surface area contributed by atoms with Gasteiger partial charge in [0, 0.05) is 97.9 Å². The van der Waals surface area contributed by atoms with Gasteiger partial charge >= 0.3 is 19.1 Å². The van der Waals surface area contributed by atoms with Gasteiger partial charge in [-0.15, -0.1) is 0 Å². The monoisotopic (exact) mass is 948 g/mol. The van der Waals surface area contributed by atoms with Crippen molar-refractivity contribution in [1.29, 1.82) is 0 Å². The molecule has 67 heavy (non-hydrogen) atoms. The second-order valence-electron chi connectivity index (χ2n) is 16.4. The van der Waals surface area contributed by atoms with E-state index in [-0.39, 0.29) is 69.8 Å². The van der Waals surface area contributed by atoms with E-state index in [4.69, 9.17) is 15.6 Å². The summed E-state index contributed by atoms with van der Waals surface area (Å²) < 4.78 is 0. The molecule has 2 unspecified atom stereocenters. The Morgan fingerprint density at radius 1 is 0.821 bits per heavy atom. The van der Waals surface area contributed by atoms with Gasteiger partial charge < -0.3 is 67.1 Å². The predicted molar refractivity (Wildman–Crippen MR) is 246 cm³/mol. The van der Waals surface area contributed by atoms with Gasteiger partial charge in [0.05, 0.1) is 25.6 Å². The average molecular weight is 948 g/mol. The highest BCUT2D eigenvalue weighted by atomic mass is 16.4. The van der Waals surface area contributed by atoms with Gasteiger partial charge in [-0.05, 0) is 69.2 Å². The normalized spacial score (nSPS) is 16.4. The van der Waals surface area contributed by atoms with E-state index in [1.54, 1.807) is 53.1 Å². The maximum Gasteiger partial charge on any atom is 0.475 e. The lowest BCUT2D eigenvalue weighted by atomic mass is 9.78. The first-order valence-corrected chi connectivity index (χ1v) is 22.5. The number of likely N-dealkylation sites (tertiary alicyclic amines) is 1. The molecule has 2 saturated heterocycles. The number of nitrogens with zero attached hydrogens (tertiary/aromatic N) is 6. The molecule has 2 aliphatic heterocycles. The molecule has 2 atom stereocenters. The van der Waals surface area contributed by atoms with Crippen molar-refractivity contribution in [2.75, 3.05) is 99.2 Å². The highest BCUT2D eigenvalue weighted by Gasteiger charge is 2.36. The van der Waals surface area contributed by atoms with Crippen molar-refractivity contribution in [2.45, 2.75) is 76.3 Å². The molecule has 25 heteroatoms. The third kappa shape index (κ3) is 23.9. The molecule has 5 amide bonds. The number of nitrogens with one attached hydrogen (secondary N) is 4. The summed E-state index contributed by atoms with van der Waals surface area (Å²) in [6, 6.07) is 5.73. The van der Waals surface area contributed by atoms with Crippen molar-refractivity contribution in [3.05, 3.63) is 35.4 Å². The molecule has 11 N–H and O–H groups in total. The molecule has 2 aliphatic rings. The minimum Gasteiger partial charge on any atom is -0.483 e. The van der Waals surface area contributed by atoms with Crippen LogP contribution in [0.2, 0.25) is 0 Å². The number of carboxylic acids is 2. The summed E-state index contributed by atoms with van der Waals surface area (Å²) >= 11 is 0. The fourth-order valence-corrected chi connectivity index (χ4v) is 7.32. The fraction of sp³-hybridized carbons (Fsp3) is 0.643. The van der Waals surface area contributed by atoms with E-state index < -0.39 is 42.9 Å². The SMILES string of the molecule is CN(C)C(N)=NCCCC(NC(=O)CCCN1CCN(CC(=O)O)CCN(CC(=O)O)CC1)C(=O)NCCCCC(=O)NCc1ccc(C(=O)NCC(=O)N2CCCC2B(O)O)cc1.O=CO. The van der Waals surface area contributed by atoms with Crippen LogP contribution in [-0.2, 0) is 40.1 Å². The molecule has 0 aromatic heterocycles. The lowest BCUT2D eigenvalue weighted by Crippen LogP contribution is -2.48. The van der Waals surface area contributed by atoms with Gasteiger partial charge in [0.25, 0.3) is 12.4 Å². The van der Waals surface area contributed by atoms with Crippen molar-refractivity contribution in [1.82, 2.24) is 45.8 Å². The Balaban J connectivity index is 0.00000499. The minimum absolute atomic E-state index is 0.138. The second kappa shape index (κ2) is 31.9. The Morgan fingerprint density at radius 3 is 1.97 bits per heavy atom. The molecular weight excluding hydrogens is 877 g/mol. The molecule has 0 spiro atoms. The van der Waals surface area contributed by atoms with Crippen molar-refractivity contribution < 1.29 is 63.7 Å². The molecule has 1 aromatic rings. The number of hydrogen-bond donors (Lipinski definition) is 10. The molecule has 24 nitrogen and oxygen atoms in total. The van der Waals surface area contributed by atoms with Crippen molar-refractivity contribution in [3.63, 3.8) is 0 Å². The third-order valence-electron chi connectivity index (χ3n) is 11.0. The van der Waals surface area contributed by atoms with E-state index in [9.17, 15) is 53.8 Å². The van der Waals surface area contributed by atoms with Gasteiger partial charge in [0.15, 0.2) is 5.96 Å². The van der Waals surface area contributed by atoms with E-state index in [0.29, 0.717) is 115 Å². The number of carboxylic acid groups (broad SMARTS) is 3. The van der Waals surface area contributed by atoms with E-state index in [2.05, 4.69) is 31.2 Å². The Bertz CT molecular complexity index is 1750. The van der Waals surface area contributed by atoms with Crippen LogP contribution < -0.4 is 27.0 Å². The number of rotatable bonds is 25. The standard InChI is InChI=1S/C41H68BN11O11.CH2O2/c1-49(2)41(43)45-17-5-8-32(48-35(55)11-7-18-50-20-22-51(28-37(57)58)24-25-52(23-21-50)29-38(59)60)40(62)44-16-4-3-10-34(54)46-26-30-12-14-31(15-13-30)39(61)47-27-36(56)53-19-6-9-33(53)42(63)64;2-1-3/h12-15,32-33,63-64H,3-11,16-29H2,1-2H3,(H2,43,45)(H,44,62)(H,46,54)(H,47,61)(H,48,55)(H,57,58)(H,59,60);1H,(H,2,3). The maximum atomic E-state index is 13.3. The number of hydrogen-bond acceptors (Lipinski definition) is 14. The minimum atomic E-state index is -1.64. The van der Waals surface area contributed by atoms with Crippen LogP contribution in [0.5, 0.6) is 0 Å². The zero-order valence-electron chi connectivity index (χ0n) is 38.6. The van der Waals surface area contributed by atoms with Crippen LogP contribution in [0.3, 0.4) is 0 Å². The molecule has 1 aromatic carbocycles. The molecule has 0 bridgehead atoms. The first-order chi connectivity index (χ1) is 31.9. The summed E-state index contributed by atoms with van der Waals surface area (Å²) in [5, 5.41) is 55.7. The van der Waals surface area contributed by atoms with Crippen molar-refractivity contribution >= 4 is 61.0 Å². The zero-order chi connectivity index (χ0) is 49.7. The van der Waals surface area contributed by atoms with Crippen LogP contribution in [0, 0.1) is 0 Å². The number of aliphatic imine (C=N–C) groups is 1. The molecule has 374 valence electrons. The van der Waals surface area contributed by atoms with E-state index in [1.807, 2.05) is 0 Å². The van der Waals surface area contributed by atoms with Crippen molar-refractivity contribution in [3.8, 4) is 0 Å².